The Morgan fingerprint density at radius 3 is 2.74 bits per heavy atom. The summed E-state index contributed by atoms with van der Waals surface area (Å²) in [6.45, 7) is 7.71. The first-order valence-corrected chi connectivity index (χ1v) is 9.57. The number of halogens is 1. The second-order valence-corrected chi connectivity index (χ2v) is 8.75. The van der Waals surface area contributed by atoms with E-state index in [-0.39, 0.29) is 17.8 Å². The van der Waals surface area contributed by atoms with Crippen LogP contribution in [0, 0.1) is 12.8 Å². The van der Waals surface area contributed by atoms with E-state index in [2.05, 4.69) is 9.67 Å². The fraction of sp³-hybridized carbons (Fsp3) is 0.429. The van der Waals surface area contributed by atoms with Gasteiger partial charge in [0.05, 0.1) is 17.1 Å². The molecule has 1 saturated carbocycles. The zero-order chi connectivity index (χ0) is 19.5. The van der Waals surface area contributed by atoms with Crippen molar-refractivity contribution in [1.82, 2.24) is 14.3 Å². The van der Waals surface area contributed by atoms with Crippen LogP contribution in [-0.4, -0.2) is 25.9 Å². The summed E-state index contributed by atoms with van der Waals surface area (Å²) >= 11 is 6.13. The molecule has 142 valence electrons. The van der Waals surface area contributed by atoms with Crippen molar-refractivity contribution in [2.24, 2.45) is 13.0 Å². The summed E-state index contributed by atoms with van der Waals surface area (Å²) in [4.78, 5) is 12.5. The van der Waals surface area contributed by atoms with Gasteiger partial charge in [-0.2, -0.15) is 5.10 Å². The number of esters is 1. The Balaban J connectivity index is 1.73. The molecule has 0 N–H and O–H groups in total. The van der Waals surface area contributed by atoms with E-state index in [1.54, 1.807) is 0 Å². The summed E-state index contributed by atoms with van der Waals surface area (Å²) in [5.74, 6) is 0.933. The topological polar surface area (TPSA) is 49.0 Å². The second-order valence-electron chi connectivity index (χ2n) is 8.32. The van der Waals surface area contributed by atoms with Gasteiger partial charge in [0.25, 0.3) is 0 Å². The van der Waals surface area contributed by atoms with Crippen LogP contribution in [0.4, 0.5) is 0 Å². The zero-order valence-corrected chi connectivity index (χ0v) is 17.0. The number of aryl methyl sites for hydroxylation is 2. The van der Waals surface area contributed by atoms with Crippen molar-refractivity contribution < 1.29 is 9.53 Å². The predicted molar refractivity (Wildman–Crippen MR) is 106 cm³/mol. The van der Waals surface area contributed by atoms with Crippen molar-refractivity contribution in [3.05, 3.63) is 46.7 Å². The van der Waals surface area contributed by atoms with Crippen LogP contribution < -0.4 is 0 Å². The Hall–Kier alpha value is -2.27. The first-order valence-electron chi connectivity index (χ1n) is 9.19. The van der Waals surface area contributed by atoms with E-state index >= 15 is 0 Å². The number of carbonyl (C=O) groups excluding carboxylic acids is 1. The number of aromatic nitrogens is 3. The highest BCUT2D eigenvalue weighted by Gasteiger charge is 2.49. The molecule has 2 aromatic heterocycles. The number of carbonyl (C=O) groups is 1. The van der Waals surface area contributed by atoms with Crippen LogP contribution in [0.1, 0.15) is 44.4 Å². The summed E-state index contributed by atoms with van der Waals surface area (Å²) in [5, 5.41) is 6.43. The van der Waals surface area contributed by atoms with E-state index in [9.17, 15) is 4.79 Å². The fourth-order valence-corrected chi connectivity index (χ4v) is 4.01. The minimum atomic E-state index is -0.465. The van der Waals surface area contributed by atoms with Crippen LogP contribution >= 0.6 is 11.6 Å². The molecule has 27 heavy (non-hydrogen) atoms. The van der Waals surface area contributed by atoms with Crippen LogP contribution in [0.3, 0.4) is 0 Å². The summed E-state index contributed by atoms with van der Waals surface area (Å²) in [5.41, 5.74) is 2.69. The van der Waals surface area contributed by atoms with Gasteiger partial charge in [0, 0.05) is 35.1 Å². The fourth-order valence-electron chi connectivity index (χ4n) is 3.83. The van der Waals surface area contributed by atoms with E-state index in [0.29, 0.717) is 5.02 Å². The molecule has 1 aromatic carbocycles. The number of rotatable bonds is 3. The number of hydrogen-bond acceptors (Lipinski definition) is 3. The molecule has 2 unspecified atom stereocenters. The number of benzene rings is 1. The highest BCUT2D eigenvalue weighted by Crippen LogP contribution is 2.51. The van der Waals surface area contributed by atoms with Crippen LogP contribution in [0.2, 0.25) is 5.02 Å². The first kappa shape index (κ1) is 18.1. The monoisotopic (exact) mass is 385 g/mol. The van der Waals surface area contributed by atoms with E-state index in [4.69, 9.17) is 16.3 Å². The van der Waals surface area contributed by atoms with Gasteiger partial charge in [0.2, 0.25) is 0 Å². The average molecular weight is 386 g/mol. The van der Waals surface area contributed by atoms with Crippen LogP contribution in [0.15, 0.2) is 30.5 Å². The smallest absolute Gasteiger partial charge is 0.310 e. The number of hydrogen-bond donors (Lipinski definition) is 0. The molecule has 2 atom stereocenters. The second kappa shape index (κ2) is 6.13. The maximum atomic E-state index is 12.5. The molecule has 6 heteroatoms. The van der Waals surface area contributed by atoms with Gasteiger partial charge in [0.1, 0.15) is 11.4 Å². The van der Waals surface area contributed by atoms with Gasteiger partial charge in [-0.25, -0.2) is 0 Å². The molecule has 0 spiro atoms. The lowest BCUT2D eigenvalue weighted by atomic mass is 10.1. The van der Waals surface area contributed by atoms with Crippen LogP contribution in [0.25, 0.3) is 16.7 Å². The molecule has 1 aliphatic rings. The molecule has 2 heterocycles. The van der Waals surface area contributed by atoms with Gasteiger partial charge in [-0.1, -0.05) is 11.6 Å². The Morgan fingerprint density at radius 2 is 2.04 bits per heavy atom. The van der Waals surface area contributed by atoms with Crippen molar-refractivity contribution in [3.63, 3.8) is 0 Å². The Bertz CT molecular complexity index is 1040. The number of ether oxygens (including phenoxy) is 1. The molecule has 5 nitrogen and oxygen atoms in total. The Kier molecular flexibility index (Phi) is 4.11. The maximum Gasteiger partial charge on any atom is 0.310 e. The summed E-state index contributed by atoms with van der Waals surface area (Å²) < 4.78 is 9.61. The summed E-state index contributed by atoms with van der Waals surface area (Å²) in [6.07, 6.45) is 2.84. The van der Waals surface area contributed by atoms with E-state index in [0.717, 1.165) is 34.4 Å². The molecular weight excluding hydrogens is 362 g/mol. The van der Waals surface area contributed by atoms with Crippen molar-refractivity contribution in [3.8, 4) is 5.82 Å². The standard InChI is InChI=1S/C21H24ClN3O2/c1-12-18(15-11-16(15)20(26)27-21(2,3)4)19(24(5)23-12)25-9-8-13-10-14(22)6-7-17(13)25/h6-10,15-16H,11H2,1-5H3. The molecule has 0 aliphatic heterocycles. The van der Waals surface area contributed by atoms with Gasteiger partial charge in [-0.05, 0) is 58.4 Å². The molecule has 0 amide bonds. The highest BCUT2D eigenvalue weighted by molar-refractivity contribution is 6.31. The van der Waals surface area contributed by atoms with Gasteiger partial charge < -0.3 is 9.30 Å². The third-order valence-electron chi connectivity index (χ3n) is 4.99. The Labute approximate surface area is 163 Å². The molecule has 0 bridgehead atoms. The lowest BCUT2D eigenvalue weighted by molar-refractivity contribution is -0.156. The first-order chi connectivity index (χ1) is 12.7. The third kappa shape index (κ3) is 3.25. The van der Waals surface area contributed by atoms with E-state index in [1.165, 1.54) is 0 Å². The molecule has 1 aliphatic carbocycles. The molecule has 3 aromatic rings. The molecule has 4 rings (SSSR count). The van der Waals surface area contributed by atoms with Gasteiger partial charge in [0.15, 0.2) is 0 Å². The normalized spacial score (nSPS) is 19.5. The number of nitrogens with zero attached hydrogens (tertiary/aromatic N) is 3. The molecule has 0 radical (unpaired) electrons. The summed E-state index contributed by atoms with van der Waals surface area (Å²) in [6, 6.07) is 7.91. The van der Waals surface area contributed by atoms with Gasteiger partial charge >= 0.3 is 5.97 Å². The van der Waals surface area contributed by atoms with Crippen molar-refractivity contribution in [1.29, 1.82) is 0 Å². The maximum absolute atomic E-state index is 12.5. The predicted octanol–water partition coefficient (Wildman–Crippen LogP) is 4.77. The van der Waals surface area contributed by atoms with E-state index < -0.39 is 5.60 Å². The minimum Gasteiger partial charge on any atom is -0.460 e. The lowest BCUT2D eigenvalue weighted by Crippen LogP contribution is -2.25. The Morgan fingerprint density at radius 1 is 1.30 bits per heavy atom. The van der Waals surface area contributed by atoms with Crippen molar-refractivity contribution in [2.45, 2.75) is 45.6 Å². The van der Waals surface area contributed by atoms with E-state index in [1.807, 2.05) is 69.9 Å². The highest BCUT2D eigenvalue weighted by atomic mass is 35.5. The largest absolute Gasteiger partial charge is 0.460 e. The van der Waals surface area contributed by atoms with Crippen molar-refractivity contribution >= 4 is 28.5 Å². The zero-order valence-electron chi connectivity index (χ0n) is 16.3. The average Bonchev–Trinajstić information content (AvgIpc) is 3.15. The SMILES string of the molecule is Cc1nn(C)c(-n2ccc3cc(Cl)ccc32)c1C1CC1C(=O)OC(C)(C)C. The quantitative estimate of drug-likeness (QED) is 0.610. The summed E-state index contributed by atoms with van der Waals surface area (Å²) in [7, 11) is 1.94. The number of fused-ring (bicyclic) bond motifs is 1. The van der Waals surface area contributed by atoms with Gasteiger partial charge in [-0.3, -0.25) is 9.48 Å². The molecular formula is C21H24ClN3O2. The van der Waals surface area contributed by atoms with Gasteiger partial charge in [-0.15, -0.1) is 0 Å². The molecule has 0 saturated heterocycles. The minimum absolute atomic E-state index is 0.0952. The van der Waals surface area contributed by atoms with Crippen molar-refractivity contribution in [2.75, 3.05) is 0 Å². The van der Waals surface area contributed by atoms with Crippen LogP contribution in [0.5, 0.6) is 0 Å². The molecule has 1 fully saturated rings. The van der Waals surface area contributed by atoms with Crippen LogP contribution in [-0.2, 0) is 16.6 Å². The third-order valence-corrected chi connectivity index (χ3v) is 5.22. The lowest BCUT2D eigenvalue weighted by Gasteiger charge is -2.19.